The fourth-order valence-corrected chi connectivity index (χ4v) is 0.0500. The third-order valence-corrected chi connectivity index (χ3v) is 0.856. The van der Waals surface area contributed by atoms with Crippen molar-refractivity contribution in [3.63, 3.8) is 0 Å². The SMILES string of the molecule is CC(C)(CO)CO.[H-].[Na+]. The van der Waals surface area contributed by atoms with Crippen molar-refractivity contribution in [3.8, 4) is 0 Å². The zero-order valence-electron chi connectivity index (χ0n) is 6.81. The molecule has 0 unspecified atom stereocenters. The number of rotatable bonds is 2. The molecule has 0 spiro atoms. The second kappa shape index (κ2) is 4.77. The molecule has 2 N–H and O–H groups in total. The monoisotopic (exact) mass is 128 g/mol. The van der Waals surface area contributed by atoms with Gasteiger partial charge in [0.1, 0.15) is 0 Å². The van der Waals surface area contributed by atoms with Gasteiger partial charge in [-0.05, 0) is 0 Å². The number of hydrogen-bond acceptors (Lipinski definition) is 2. The smallest absolute Gasteiger partial charge is 1.00 e. The van der Waals surface area contributed by atoms with Gasteiger partial charge in [-0.1, -0.05) is 13.8 Å². The molecule has 0 radical (unpaired) electrons. The van der Waals surface area contributed by atoms with Crippen molar-refractivity contribution in [2.75, 3.05) is 13.2 Å². The number of hydrogen-bond donors (Lipinski definition) is 2. The summed E-state index contributed by atoms with van der Waals surface area (Å²) >= 11 is 0. The Kier molecular flexibility index (Phi) is 6.96. The molecular weight excluding hydrogens is 115 g/mol. The summed E-state index contributed by atoms with van der Waals surface area (Å²) in [5, 5.41) is 16.9. The number of aliphatic hydroxyl groups excluding tert-OH is 2. The van der Waals surface area contributed by atoms with Crippen LogP contribution in [0.15, 0.2) is 0 Å². The van der Waals surface area contributed by atoms with Gasteiger partial charge in [0.2, 0.25) is 0 Å². The molecule has 2 nitrogen and oxygen atoms in total. The van der Waals surface area contributed by atoms with E-state index in [1.165, 1.54) is 0 Å². The largest absolute Gasteiger partial charge is 1.00 e. The summed E-state index contributed by atoms with van der Waals surface area (Å²) in [6.07, 6.45) is 0. The minimum atomic E-state index is -0.306. The van der Waals surface area contributed by atoms with Crippen LogP contribution in [0.4, 0.5) is 0 Å². The standard InChI is InChI=1S/C5H12O2.Na.H/c1-5(2,3-6)4-7;;/h6-7H,3-4H2,1-2H3;;/q;+1;-1. The van der Waals surface area contributed by atoms with Gasteiger partial charge in [0.15, 0.2) is 0 Å². The summed E-state index contributed by atoms with van der Waals surface area (Å²) in [5.41, 5.74) is -0.306. The van der Waals surface area contributed by atoms with Crippen LogP contribution >= 0.6 is 0 Å². The normalized spacial score (nSPS) is 10.5. The maximum atomic E-state index is 8.43. The van der Waals surface area contributed by atoms with Gasteiger partial charge in [0.25, 0.3) is 0 Å². The quantitative estimate of drug-likeness (QED) is 0.392. The summed E-state index contributed by atoms with van der Waals surface area (Å²) in [5.74, 6) is 0. The molecular formula is C5H13NaO2. The Labute approximate surface area is 73.7 Å². The molecule has 0 aliphatic rings. The Bertz CT molecular complexity index is 52.9. The molecule has 46 valence electrons. The Morgan fingerprint density at radius 1 is 1.25 bits per heavy atom. The first-order valence-corrected chi connectivity index (χ1v) is 2.34. The predicted octanol–water partition coefficient (Wildman–Crippen LogP) is -2.89. The first kappa shape index (κ1) is 11.7. The Morgan fingerprint density at radius 2 is 1.50 bits per heavy atom. The first-order chi connectivity index (χ1) is 3.12. The summed E-state index contributed by atoms with van der Waals surface area (Å²) in [6.45, 7) is 3.69. The second-order valence-corrected chi connectivity index (χ2v) is 2.48. The van der Waals surface area contributed by atoms with Gasteiger partial charge >= 0.3 is 29.6 Å². The van der Waals surface area contributed by atoms with Crippen molar-refractivity contribution < 1.29 is 41.2 Å². The fourth-order valence-electron chi connectivity index (χ4n) is 0.0500. The minimum Gasteiger partial charge on any atom is -1.00 e. The predicted molar refractivity (Wildman–Crippen MR) is 29.1 cm³/mol. The van der Waals surface area contributed by atoms with E-state index in [1.807, 2.05) is 0 Å². The van der Waals surface area contributed by atoms with Crippen LogP contribution in [0.2, 0.25) is 0 Å². The Hall–Kier alpha value is 0.920. The van der Waals surface area contributed by atoms with Gasteiger partial charge in [-0.25, -0.2) is 0 Å². The van der Waals surface area contributed by atoms with E-state index in [2.05, 4.69) is 0 Å². The van der Waals surface area contributed by atoms with Gasteiger partial charge in [-0.3, -0.25) is 0 Å². The van der Waals surface area contributed by atoms with Gasteiger partial charge in [-0.2, -0.15) is 0 Å². The molecule has 3 heteroatoms. The van der Waals surface area contributed by atoms with Crippen LogP contribution in [0.1, 0.15) is 15.3 Å². The summed E-state index contributed by atoms with van der Waals surface area (Å²) in [6, 6.07) is 0. The van der Waals surface area contributed by atoms with Crippen LogP contribution in [0.5, 0.6) is 0 Å². The number of aliphatic hydroxyl groups is 2. The third kappa shape index (κ3) is 5.06. The van der Waals surface area contributed by atoms with Crippen LogP contribution in [-0.4, -0.2) is 23.4 Å². The zero-order valence-corrected chi connectivity index (χ0v) is 7.81. The molecule has 0 aromatic carbocycles. The van der Waals surface area contributed by atoms with Crippen LogP contribution < -0.4 is 29.6 Å². The Morgan fingerprint density at radius 3 is 1.50 bits per heavy atom. The van der Waals surface area contributed by atoms with E-state index in [0.29, 0.717) is 0 Å². The third-order valence-electron chi connectivity index (χ3n) is 0.856. The van der Waals surface area contributed by atoms with E-state index in [4.69, 9.17) is 10.2 Å². The van der Waals surface area contributed by atoms with E-state index in [-0.39, 0.29) is 49.6 Å². The summed E-state index contributed by atoms with van der Waals surface area (Å²) in [7, 11) is 0. The summed E-state index contributed by atoms with van der Waals surface area (Å²) < 4.78 is 0. The molecule has 0 saturated carbocycles. The van der Waals surface area contributed by atoms with Crippen LogP contribution in [0, 0.1) is 5.41 Å². The molecule has 0 rings (SSSR count). The minimum absolute atomic E-state index is 0. The molecule has 0 fully saturated rings. The van der Waals surface area contributed by atoms with Gasteiger partial charge in [0.05, 0.1) is 13.2 Å². The molecule has 0 aliphatic heterocycles. The van der Waals surface area contributed by atoms with Crippen LogP contribution in [-0.2, 0) is 0 Å². The Balaban J connectivity index is -0.000000180. The molecule has 0 atom stereocenters. The molecule has 0 amide bonds. The molecule has 0 saturated heterocycles. The van der Waals surface area contributed by atoms with Crippen molar-refractivity contribution in [3.05, 3.63) is 0 Å². The van der Waals surface area contributed by atoms with E-state index in [0.717, 1.165) is 0 Å². The second-order valence-electron chi connectivity index (χ2n) is 2.48. The van der Waals surface area contributed by atoms with Gasteiger partial charge < -0.3 is 11.6 Å². The first-order valence-electron chi connectivity index (χ1n) is 2.34. The van der Waals surface area contributed by atoms with Crippen molar-refractivity contribution >= 4 is 0 Å². The fraction of sp³-hybridized carbons (Fsp3) is 1.00. The maximum absolute atomic E-state index is 8.43. The van der Waals surface area contributed by atoms with E-state index in [1.54, 1.807) is 13.8 Å². The van der Waals surface area contributed by atoms with Crippen molar-refractivity contribution in [2.45, 2.75) is 13.8 Å². The molecule has 0 aromatic rings. The van der Waals surface area contributed by atoms with Gasteiger partial charge in [-0.15, -0.1) is 0 Å². The van der Waals surface area contributed by atoms with Crippen molar-refractivity contribution in [1.82, 2.24) is 0 Å². The van der Waals surface area contributed by atoms with E-state index < -0.39 is 0 Å². The van der Waals surface area contributed by atoms with Crippen LogP contribution in [0.25, 0.3) is 0 Å². The maximum Gasteiger partial charge on any atom is 1.00 e. The average Bonchev–Trinajstić information content (AvgIpc) is 1.68. The topological polar surface area (TPSA) is 40.5 Å². The van der Waals surface area contributed by atoms with Crippen molar-refractivity contribution in [2.24, 2.45) is 5.41 Å². The van der Waals surface area contributed by atoms with Crippen molar-refractivity contribution in [1.29, 1.82) is 0 Å². The molecule has 0 aliphatic carbocycles. The molecule has 0 bridgehead atoms. The van der Waals surface area contributed by atoms with Crippen LogP contribution in [0.3, 0.4) is 0 Å². The van der Waals surface area contributed by atoms with E-state index in [9.17, 15) is 0 Å². The zero-order chi connectivity index (χ0) is 5.91. The van der Waals surface area contributed by atoms with E-state index >= 15 is 0 Å². The molecule has 8 heavy (non-hydrogen) atoms. The molecule has 0 heterocycles. The summed E-state index contributed by atoms with van der Waals surface area (Å²) in [4.78, 5) is 0. The average molecular weight is 128 g/mol. The van der Waals surface area contributed by atoms with Gasteiger partial charge in [0, 0.05) is 5.41 Å². The molecule has 0 aromatic heterocycles.